The van der Waals surface area contributed by atoms with E-state index in [1.165, 1.54) is 12.3 Å². The first-order valence-corrected chi connectivity index (χ1v) is 10.5. The number of halogens is 3. The summed E-state index contributed by atoms with van der Waals surface area (Å²) in [5.41, 5.74) is -1.75. The zero-order valence-corrected chi connectivity index (χ0v) is 17.5. The normalized spacial score (nSPS) is 16.5. The van der Waals surface area contributed by atoms with Gasteiger partial charge in [-0.05, 0) is 36.6 Å². The summed E-state index contributed by atoms with van der Waals surface area (Å²) in [7, 11) is 0. The highest BCUT2D eigenvalue weighted by atomic mass is 19.2. The van der Waals surface area contributed by atoms with E-state index in [9.17, 15) is 27.6 Å². The van der Waals surface area contributed by atoms with E-state index in [2.05, 4.69) is 9.97 Å². The molecule has 0 radical (unpaired) electrons. The first-order valence-electron chi connectivity index (χ1n) is 10.5. The summed E-state index contributed by atoms with van der Waals surface area (Å²) < 4.78 is 42.9. The van der Waals surface area contributed by atoms with Crippen LogP contribution < -0.4 is 21.8 Å². The lowest BCUT2D eigenvalue weighted by Gasteiger charge is -2.56. The van der Waals surface area contributed by atoms with Crippen molar-refractivity contribution in [3.8, 4) is 0 Å². The van der Waals surface area contributed by atoms with Crippen LogP contribution in [0.15, 0.2) is 44.8 Å². The molecule has 1 aliphatic carbocycles. The lowest BCUT2D eigenvalue weighted by molar-refractivity contribution is 0.0876. The van der Waals surface area contributed by atoms with Crippen LogP contribution in [0.3, 0.4) is 0 Å². The van der Waals surface area contributed by atoms with Gasteiger partial charge in [0.25, 0.3) is 5.56 Å². The Kier molecular flexibility index (Phi) is 4.98. The van der Waals surface area contributed by atoms with Gasteiger partial charge in [-0.2, -0.15) is 4.98 Å². The predicted molar refractivity (Wildman–Crippen MR) is 113 cm³/mol. The molecule has 2 aliphatic rings. The topological polar surface area (TPSA) is 93.0 Å². The predicted octanol–water partition coefficient (Wildman–Crippen LogP) is 1.60. The van der Waals surface area contributed by atoms with Gasteiger partial charge >= 0.3 is 11.4 Å². The molecule has 8 nitrogen and oxygen atoms in total. The molecule has 0 atom stereocenters. The van der Waals surface area contributed by atoms with Gasteiger partial charge in [-0.15, -0.1) is 0 Å². The van der Waals surface area contributed by atoms with Crippen molar-refractivity contribution in [2.45, 2.75) is 32.4 Å². The van der Waals surface area contributed by atoms with Crippen LogP contribution in [-0.4, -0.2) is 32.2 Å². The van der Waals surface area contributed by atoms with Crippen LogP contribution in [-0.2, 0) is 13.1 Å². The highest BCUT2D eigenvalue weighted by Crippen LogP contribution is 2.48. The lowest BCUT2D eigenvalue weighted by Crippen LogP contribution is -2.62. The van der Waals surface area contributed by atoms with Crippen LogP contribution in [0, 0.1) is 22.9 Å². The Morgan fingerprint density at radius 2 is 1.70 bits per heavy atom. The van der Waals surface area contributed by atoms with E-state index in [1.54, 1.807) is 11.0 Å². The molecule has 0 bridgehead atoms. The van der Waals surface area contributed by atoms with Gasteiger partial charge in [-0.25, -0.2) is 27.3 Å². The molecule has 3 aromatic rings. The van der Waals surface area contributed by atoms with Crippen LogP contribution in [0.25, 0.3) is 0 Å². The number of aromatic nitrogens is 4. The van der Waals surface area contributed by atoms with Crippen molar-refractivity contribution >= 4 is 5.95 Å². The monoisotopic (exact) mass is 459 g/mol. The van der Waals surface area contributed by atoms with E-state index in [0.29, 0.717) is 13.1 Å². The summed E-state index contributed by atoms with van der Waals surface area (Å²) in [5, 5.41) is 0. The van der Waals surface area contributed by atoms with E-state index in [4.69, 9.17) is 0 Å². The SMILES string of the molecule is O=c1[nH]cccc1Cn1c(=O)nc(N2CC3(CCC3)C2)n(Cc2cc(F)c(F)c(F)c2)c1=O. The number of benzene rings is 1. The smallest absolute Gasteiger partial charge is 0.341 e. The van der Waals surface area contributed by atoms with E-state index < -0.39 is 34.4 Å². The Morgan fingerprint density at radius 3 is 2.30 bits per heavy atom. The number of anilines is 1. The quantitative estimate of drug-likeness (QED) is 0.585. The van der Waals surface area contributed by atoms with Crippen LogP contribution in [0.5, 0.6) is 0 Å². The van der Waals surface area contributed by atoms with Gasteiger partial charge in [-0.1, -0.05) is 12.5 Å². The summed E-state index contributed by atoms with van der Waals surface area (Å²) >= 11 is 0. The number of pyridine rings is 1. The van der Waals surface area contributed by atoms with Gasteiger partial charge in [0.15, 0.2) is 17.5 Å². The van der Waals surface area contributed by atoms with Gasteiger partial charge in [0.1, 0.15) is 0 Å². The Hall–Kier alpha value is -3.63. The number of hydrogen-bond donors (Lipinski definition) is 1. The fraction of sp³-hybridized carbons (Fsp3) is 0.364. The van der Waals surface area contributed by atoms with Gasteiger partial charge in [-0.3, -0.25) is 9.36 Å². The third kappa shape index (κ3) is 3.66. The second-order valence-corrected chi connectivity index (χ2v) is 8.76. The van der Waals surface area contributed by atoms with Crippen LogP contribution in [0.1, 0.15) is 30.4 Å². The molecule has 1 N–H and O–H groups in total. The molecule has 1 saturated heterocycles. The van der Waals surface area contributed by atoms with Crippen molar-refractivity contribution in [1.29, 1.82) is 0 Å². The molecule has 1 aromatic carbocycles. The molecule has 2 aromatic heterocycles. The standard InChI is InChI=1S/C22H20F3N5O3/c23-15-7-13(8-16(24)17(15)25)9-29-19(28-11-22(12-28)4-2-5-22)27-20(32)30(21(29)33)10-14-3-1-6-26-18(14)31/h1,3,6-8H,2,4-5,9-12H2,(H,26,31). The minimum absolute atomic E-state index is 0.00168. The number of rotatable bonds is 5. The molecular formula is C22H20F3N5O3. The Balaban J connectivity index is 1.59. The Bertz CT molecular complexity index is 1390. The van der Waals surface area contributed by atoms with Gasteiger partial charge in [0, 0.05) is 30.3 Å². The highest BCUT2D eigenvalue weighted by Gasteiger charge is 2.48. The van der Waals surface area contributed by atoms with E-state index >= 15 is 0 Å². The molecule has 33 heavy (non-hydrogen) atoms. The summed E-state index contributed by atoms with van der Waals surface area (Å²) in [6.45, 7) is 0.586. The summed E-state index contributed by atoms with van der Waals surface area (Å²) in [5.74, 6) is -4.28. The minimum atomic E-state index is -1.60. The molecular weight excluding hydrogens is 439 g/mol. The number of hydrogen-bond acceptors (Lipinski definition) is 5. The second kappa shape index (κ2) is 7.75. The molecule has 0 amide bonds. The largest absolute Gasteiger partial charge is 0.355 e. The third-order valence-electron chi connectivity index (χ3n) is 6.49. The van der Waals surface area contributed by atoms with Crippen molar-refractivity contribution in [1.82, 2.24) is 19.1 Å². The van der Waals surface area contributed by atoms with Crippen molar-refractivity contribution in [2.75, 3.05) is 18.0 Å². The molecule has 1 saturated carbocycles. The number of nitrogens with one attached hydrogen (secondary N) is 1. The van der Waals surface area contributed by atoms with Gasteiger partial charge in [0.2, 0.25) is 5.95 Å². The van der Waals surface area contributed by atoms with Gasteiger partial charge in [0.05, 0.1) is 13.1 Å². The molecule has 172 valence electrons. The Labute approximate surface area is 184 Å². The second-order valence-electron chi connectivity index (χ2n) is 8.76. The van der Waals surface area contributed by atoms with Crippen molar-refractivity contribution < 1.29 is 13.2 Å². The zero-order valence-electron chi connectivity index (χ0n) is 17.5. The van der Waals surface area contributed by atoms with Crippen molar-refractivity contribution in [3.63, 3.8) is 0 Å². The fourth-order valence-corrected chi connectivity index (χ4v) is 4.57. The molecule has 3 heterocycles. The molecule has 11 heteroatoms. The van der Waals surface area contributed by atoms with Crippen LogP contribution in [0.4, 0.5) is 19.1 Å². The van der Waals surface area contributed by atoms with E-state index in [0.717, 1.165) is 40.5 Å². The molecule has 1 spiro atoms. The summed E-state index contributed by atoms with van der Waals surface area (Å²) in [6.07, 6.45) is 4.65. The van der Waals surface area contributed by atoms with Gasteiger partial charge < -0.3 is 9.88 Å². The molecule has 0 unspecified atom stereocenters. The van der Waals surface area contributed by atoms with E-state index in [1.807, 2.05) is 0 Å². The number of aromatic amines is 1. The van der Waals surface area contributed by atoms with Crippen molar-refractivity contribution in [2.24, 2.45) is 5.41 Å². The molecule has 1 aliphatic heterocycles. The number of H-pyrrole nitrogens is 1. The summed E-state index contributed by atoms with van der Waals surface area (Å²) in [4.78, 5) is 46.5. The average molecular weight is 459 g/mol. The minimum Gasteiger partial charge on any atom is -0.341 e. The average Bonchev–Trinajstić information content (AvgIpc) is 2.71. The maximum absolute atomic E-state index is 13.8. The summed E-state index contributed by atoms with van der Waals surface area (Å²) in [6, 6.07) is 4.64. The maximum atomic E-state index is 13.8. The highest BCUT2D eigenvalue weighted by molar-refractivity contribution is 5.38. The zero-order chi connectivity index (χ0) is 23.3. The first-order chi connectivity index (χ1) is 15.8. The molecule has 2 fully saturated rings. The Morgan fingerprint density at radius 1 is 1.00 bits per heavy atom. The van der Waals surface area contributed by atoms with Crippen LogP contribution >= 0.6 is 0 Å². The van der Waals surface area contributed by atoms with Crippen LogP contribution in [0.2, 0.25) is 0 Å². The maximum Gasteiger partial charge on any atom is 0.355 e. The number of nitrogens with zero attached hydrogens (tertiary/aromatic N) is 4. The van der Waals surface area contributed by atoms with Crippen molar-refractivity contribution in [3.05, 3.63) is 90.4 Å². The lowest BCUT2D eigenvalue weighted by atomic mass is 9.64. The third-order valence-corrected chi connectivity index (χ3v) is 6.49. The molecule has 5 rings (SSSR count). The van der Waals surface area contributed by atoms with E-state index in [-0.39, 0.29) is 35.6 Å². The first kappa shape index (κ1) is 21.2. The fourth-order valence-electron chi connectivity index (χ4n) is 4.57.